The molecule has 1 rings (SSSR count). The van der Waals surface area contributed by atoms with Crippen molar-refractivity contribution in [2.45, 2.75) is 39.2 Å². The van der Waals surface area contributed by atoms with Crippen molar-refractivity contribution in [3.63, 3.8) is 0 Å². The summed E-state index contributed by atoms with van der Waals surface area (Å²) in [6.45, 7) is 7.08. The molecule has 0 aliphatic heterocycles. The molecular weight excluding hydrogens is 260 g/mol. The molecule has 0 saturated carbocycles. The number of hydrogen-bond acceptors (Lipinski definition) is 3. The lowest BCUT2D eigenvalue weighted by molar-refractivity contribution is 0.147. The smallest absolute Gasteiger partial charge is 0.314 e. The van der Waals surface area contributed by atoms with E-state index in [1.807, 2.05) is 19.2 Å². The van der Waals surface area contributed by atoms with Gasteiger partial charge in [-0.3, -0.25) is 0 Å². The first-order chi connectivity index (χ1) is 8.99. The van der Waals surface area contributed by atoms with Gasteiger partial charge < -0.3 is 15.7 Å². The number of carbonyl (C=O) groups is 1. The van der Waals surface area contributed by atoms with Crippen molar-refractivity contribution >= 4 is 17.4 Å². The van der Waals surface area contributed by atoms with Crippen molar-refractivity contribution in [3.8, 4) is 0 Å². The Morgan fingerprint density at radius 3 is 2.58 bits per heavy atom. The van der Waals surface area contributed by atoms with Crippen LogP contribution in [0.5, 0.6) is 0 Å². The van der Waals surface area contributed by atoms with E-state index in [1.165, 1.54) is 5.56 Å². The van der Waals surface area contributed by atoms with E-state index in [1.54, 1.807) is 11.3 Å². The molecule has 2 atom stereocenters. The van der Waals surface area contributed by atoms with Crippen LogP contribution in [0.4, 0.5) is 4.79 Å². The average Bonchev–Trinajstić information content (AvgIpc) is 2.86. The Balaban J connectivity index is 2.17. The molecule has 0 fully saturated rings. The van der Waals surface area contributed by atoms with Crippen LogP contribution in [0.2, 0.25) is 0 Å². The highest BCUT2D eigenvalue weighted by atomic mass is 32.1. The minimum absolute atomic E-state index is 0.218. The first-order valence-electron chi connectivity index (χ1n) is 6.71. The molecule has 0 bridgehead atoms. The highest BCUT2D eigenvalue weighted by molar-refractivity contribution is 7.07. The molecule has 1 aromatic rings. The van der Waals surface area contributed by atoms with E-state index in [0.29, 0.717) is 31.3 Å². The van der Waals surface area contributed by atoms with Crippen molar-refractivity contribution in [3.05, 3.63) is 22.4 Å². The Labute approximate surface area is 119 Å². The van der Waals surface area contributed by atoms with Crippen LogP contribution in [0, 0.1) is 5.92 Å². The first-order valence-corrected chi connectivity index (χ1v) is 7.65. The summed E-state index contributed by atoms with van der Waals surface area (Å²) >= 11 is 1.66. The van der Waals surface area contributed by atoms with Gasteiger partial charge in [-0.15, -0.1) is 0 Å². The zero-order chi connectivity index (χ0) is 14.3. The lowest BCUT2D eigenvalue weighted by Gasteiger charge is -2.15. The SMILES string of the molecule is CC(C)CC(O)CNC(=O)NCC(C)c1ccsc1. The van der Waals surface area contributed by atoms with Gasteiger partial charge in [-0.25, -0.2) is 4.79 Å². The van der Waals surface area contributed by atoms with Gasteiger partial charge in [-0.05, 0) is 40.6 Å². The molecule has 5 heteroatoms. The number of nitrogens with one attached hydrogen (secondary N) is 2. The predicted molar refractivity (Wildman–Crippen MR) is 79.6 cm³/mol. The molecule has 0 radical (unpaired) electrons. The zero-order valence-electron chi connectivity index (χ0n) is 11.8. The highest BCUT2D eigenvalue weighted by Crippen LogP contribution is 2.16. The number of aliphatic hydroxyl groups excluding tert-OH is 1. The third kappa shape index (κ3) is 6.59. The molecule has 3 N–H and O–H groups in total. The average molecular weight is 284 g/mol. The van der Waals surface area contributed by atoms with Crippen molar-refractivity contribution in [2.24, 2.45) is 5.92 Å². The molecule has 4 nitrogen and oxygen atoms in total. The highest BCUT2D eigenvalue weighted by Gasteiger charge is 2.10. The molecular formula is C14H24N2O2S. The minimum atomic E-state index is -0.472. The van der Waals surface area contributed by atoms with Crippen LogP contribution < -0.4 is 10.6 Å². The van der Waals surface area contributed by atoms with Crippen molar-refractivity contribution < 1.29 is 9.90 Å². The van der Waals surface area contributed by atoms with Crippen LogP contribution in [-0.4, -0.2) is 30.3 Å². The van der Waals surface area contributed by atoms with E-state index >= 15 is 0 Å². The van der Waals surface area contributed by atoms with Gasteiger partial charge >= 0.3 is 6.03 Å². The van der Waals surface area contributed by atoms with Crippen LogP contribution in [0.3, 0.4) is 0 Å². The molecule has 0 aliphatic rings. The van der Waals surface area contributed by atoms with Crippen LogP contribution in [0.1, 0.15) is 38.7 Å². The lowest BCUT2D eigenvalue weighted by atomic mass is 10.1. The zero-order valence-corrected chi connectivity index (χ0v) is 12.7. The molecule has 1 aromatic heterocycles. The summed E-state index contributed by atoms with van der Waals surface area (Å²) in [6, 6.07) is 1.85. The largest absolute Gasteiger partial charge is 0.391 e. The molecule has 108 valence electrons. The number of hydrogen-bond donors (Lipinski definition) is 3. The maximum absolute atomic E-state index is 11.6. The second-order valence-corrected chi connectivity index (χ2v) is 6.11. The topological polar surface area (TPSA) is 61.4 Å². The van der Waals surface area contributed by atoms with Crippen LogP contribution in [0.15, 0.2) is 16.8 Å². The minimum Gasteiger partial charge on any atom is -0.391 e. The predicted octanol–water partition coefficient (Wildman–Crippen LogP) is 2.56. The quantitative estimate of drug-likeness (QED) is 0.720. The second-order valence-electron chi connectivity index (χ2n) is 5.33. The van der Waals surface area contributed by atoms with Gasteiger partial charge in [0.25, 0.3) is 0 Å². The Morgan fingerprint density at radius 2 is 2.00 bits per heavy atom. The van der Waals surface area contributed by atoms with E-state index < -0.39 is 6.10 Å². The number of urea groups is 1. The third-order valence-electron chi connectivity index (χ3n) is 2.92. The summed E-state index contributed by atoms with van der Waals surface area (Å²) in [4.78, 5) is 11.6. The third-order valence-corrected chi connectivity index (χ3v) is 3.62. The van der Waals surface area contributed by atoms with Gasteiger partial charge in [0.15, 0.2) is 0 Å². The second kappa shape index (κ2) is 8.17. The van der Waals surface area contributed by atoms with E-state index in [2.05, 4.69) is 29.0 Å². The van der Waals surface area contributed by atoms with Crippen molar-refractivity contribution in [2.75, 3.05) is 13.1 Å². The van der Waals surface area contributed by atoms with Gasteiger partial charge in [-0.1, -0.05) is 20.8 Å². The fourth-order valence-electron chi connectivity index (χ4n) is 1.82. The summed E-state index contributed by atoms with van der Waals surface area (Å²) in [5.41, 5.74) is 1.24. The van der Waals surface area contributed by atoms with Crippen LogP contribution in [0.25, 0.3) is 0 Å². The fourth-order valence-corrected chi connectivity index (χ4v) is 2.60. The maximum atomic E-state index is 11.6. The standard InChI is InChI=1S/C14H24N2O2S/c1-10(2)6-13(17)8-16-14(18)15-7-11(3)12-4-5-19-9-12/h4-5,9-11,13,17H,6-8H2,1-3H3,(H2,15,16,18). The number of thiophene rings is 1. The number of rotatable bonds is 7. The summed E-state index contributed by atoms with van der Waals surface area (Å²) < 4.78 is 0. The van der Waals surface area contributed by atoms with Gasteiger partial charge in [-0.2, -0.15) is 11.3 Å². The van der Waals surface area contributed by atoms with Gasteiger partial charge in [0.2, 0.25) is 0 Å². The van der Waals surface area contributed by atoms with Crippen LogP contribution in [-0.2, 0) is 0 Å². The molecule has 19 heavy (non-hydrogen) atoms. The number of aliphatic hydroxyl groups is 1. The Bertz CT molecular complexity index is 366. The fraction of sp³-hybridized carbons (Fsp3) is 0.643. The Kier molecular flexibility index (Phi) is 6.87. The molecule has 0 aromatic carbocycles. The Morgan fingerprint density at radius 1 is 1.32 bits per heavy atom. The molecule has 1 heterocycles. The van der Waals surface area contributed by atoms with Gasteiger partial charge in [0.1, 0.15) is 0 Å². The maximum Gasteiger partial charge on any atom is 0.314 e. The molecule has 0 aliphatic carbocycles. The summed E-state index contributed by atoms with van der Waals surface area (Å²) in [5.74, 6) is 0.732. The van der Waals surface area contributed by atoms with Gasteiger partial charge in [0.05, 0.1) is 6.10 Å². The van der Waals surface area contributed by atoms with E-state index in [4.69, 9.17) is 0 Å². The van der Waals surface area contributed by atoms with Crippen molar-refractivity contribution in [1.29, 1.82) is 0 Å². The lowest BCUT2D eigenvalue weighted by Crippen LogP contribution is -2.41. The van der Waals surface area contributed by atoms with Crippen LogP contribution >= 0.6 is 11.3 Å². The van der Waals surface area contributed by atoms with E-state index in [0.717, 1.165) is 0 Å². The number of amides is 2. The normalized spacial score (nSPS) is 14.2. The molecule has 2 amide bonds. The monoisotopic (exact) mass is 284 g/mol. The summed E-state index contributed by atoms with van der Waals surface area (Å²) in [6.07, 6.45) is 0.228. The number of carbonyl (C=O) groups excluding carboxylic acids is 1. The van der Waals surface area contributed by atoms with Crippen molar-refractivity contribution in [1.82, 2.24) is 10.6 Å². The van der Waals surface area contributed by atoms with E-state index in [-0.39, 0.29) is 6.03 Å². The molecule has 0 saturated heterocycles. The summed E-state index contributed by atoms with van der Waals surface area (Å²) in [5, 5.41) is 19.3. The van der Waals surface area contributed by atoms with Gasteiger partial charge in [0, 0.05) is 13.1 Å². The Hall–Kier alpha value is -1.07. The van der Waals surface area contributed by atoms with E-state index in [9.17, 15) is 9.90 Å². The molecule has 0 spiro atoms. The summed E-state index contributed by atoms with van der Waals surface area (Å²) in [7, 11) is 0. The first kappa shape index (κ1) is 16.0. The molecule has 2 unspecified atom stereocenters.